The summed E-state index contributed by atoms with van der Waals surface area (Å²) < 4.78 is 0. The monoisotopic (exact) mass is 270 g/mol. The Kier molecular flexibility index (Phi) is 5.70. The molecule has 2 rings (SSSR count). The average Bonchev–Trinajstić information content (AvgIpc) is 2.40. The Balaban J connectivity index is 1.76. The molecule has 2 fully saturated rings. The molecule has 1 heterocycles. The van der Waals surface area contributed by atoms with Gasteiger partial charge in [0.2, 0.25) is 0 Å². The van der Waals surface area contributed by atoms with Crippen LogP contribution in [0.1, 0.15) is 51.4 Å². The van der Waals surface area contributed by atoms with E-state index >= 15 is 0 Å². The van der Waals surface area contributed by atoms with Crippen molar-refractivity contribution < 1.29 is 5.11 Å². The van der Waals surface area contributed by atoms with Crippen LogP contribution in [-0.4, -0.2) is 40.9 Å². The van der Waals surface area contributed by atoms with Crippen molar-refractivity contribution in [2.24, 2.45) is 5.92 Å². The standard InChI is InChI=1S/C14H26N2OS/c17-10-8-12-5-4-9-16(11-12)14(18)15-13-6-2-1-3-7-13/h12-13,17H,1-11H2,(H,15,18). The zero-order chi connectivity index (χ0) is 12.8. The third-order valence-electron chi connectivity index (χ3n) is 4.28. The molecular weight excluding hydrogens is 244 g/mol. The van der Waals surface area contributed by atoms with Crippen molar-refractivity contribution >= 4 is 17.3 Å². The first-order valence-electron chi connectivity index (χ1n) is 7.46. The van der Waals surface area contributed by atoms with E-state index in [1.807, 2.05) is 0 Å². The SMILES string of the molecule is OCCC1CCCN(C(=S)NC2CCCCC2)C1. The summed E-state index contributed by atoms with van der Waals surface area (Å²) in [4.78, 5) is 2.31. The molecule has 1 saturated heterocycles. The van der Waals surface area contributed by atoms with Crippen LogP contribution in [0.3, 0.4) is 0 Å². The summed E-state index contributed by atoms with van der Waals surface area (Å²) in [5, 5.41) is 13.5. The molecule has 0 spiro atoms. The molecule has 2 N–H and O–H groups in total. The van der Waals surface area contributed by atoms with E-state index in [2.05, 4.69) is 10.2 Å². The van der Waals surface area contributed by atoms with Crippen molar-refractivity contribution in [3.63, 3.8) is 0 Å². The van der Waals surface area contributed by atoms with E-state index in [0.717, 1.165) is 24.6 Å². The van der Waals surface area contributed by atoms with E-state index in [4.69, 9.17) is 17.3 Å². The van der Waals surface area contributed by atoms with E-state index in [1.54, 1.807) is 0 Å². The van der Waals surface area contributed by atoms with Crippen LogP contribution in [0.15, 0.2) is 0 Å². The van der Waals surface area contributed by atoms with Crippen molar-refractivity contribution in [1.29, 1.82) is 0 Å². The molecule has 1 atom stereocenters. The summed E-state index contributed by atoms with van der Waals surface area (Å²) in [6.45, 7) is 2.42. The van der Waals surface area contributed by atoms with Gasteiger partial charge in [-0.1, -0.05) is 19.3 Å². The fourth-order valence-electron chi connectivity index (χ4n) is 3.18. The number of nitrogens with one attached hydrogen (secondary N) is 1. The fourth-order valence-corrected chi connectivity index (χ4v) is 3.51. The number of likely N-dealkylation sites (tertiary alicyclic amines) is 1. The Morgan fingerprint density at radius 2 is 1.94 bits per heavy atom. The van der Waals surface area contributed by atoms with E-state index in [-0.39, 0.29) is 0 Å². The number of piperidine rings is 1. The lowest BCUT2D eigenvalue weighted by molar-refractivity contribution is 0.195. The lowest BCUT2D eigenvalue weighted by Gasteiger charge is -2.36. The number of thiocarbonyl (C=S) groups is 1. The van der Waals surface area contributed by atoms with E-state index in [1.165, 1.54) is 44.9 Å². The van der Waals surface area contributed by atoms with Crippen molar-refractivity contribution in [3.05, 3.63) is 0 Å². The highest BCUT2D eigenvalue weighted by atomic mass is 32.1. The lowest BCUT2D eigenvalue weighted by Crippen LogP contribution is -2.49. The molecule has 0 aromatic rings. The van der Waals surface area contributed by atoms with Crippen LogP contribution in [0, 0.1) is 5.92 Å². The largest absolute Gasteiger partial charge is 0.396 e. The van der Waals surface area contributed by atoms with Gasteiger partial charge in [-0.2, -0.15) is 0 Å². The summed E-state index contributed by atoms with van der Waals surface area (Å²) in [5.41, 5.74) is 0. The highest BCUT2D eigenvalue weighted by Gasteiger charge is 2.23. The second-order valence-corrected chi connectivity index (χ2v) is 6.14. The summed E-state index contributed by atoms with van der Waals surface area (Å²) in [6.07, 6.45) is 9.97. The van der Waals surface area contributed by atoms with Gasteiger partial charge < -0.3 is 15.3 Å². The average molecular weight is 270 g/mol. The molecule has 1 aliphatic heterocycles. The Morgan fingerprint density at radius 3 is 2.67 bits per heavy atom. The van der Waals surface area contributed by atoms with Crippen LogP contribution in [-0.2, 0) is 0 Å². The second-order valence-electron chi connectivity index (χ2n) is 5.75. The third kappa shape index (κ3) is 4.09. The Hall–Kier alpha value is -0.350. The maximum Gasteiger partial charge on any atom is 0.169 e. The number of aliphatic hydroxyl groups excluding tert-OH is 1. The molecule has 3 nitrogen and oxygen atoms in total. The van der Waals surface area contributed by atoms with Gasteiger partial charge in [0.1, 0.15) is 0 Å². The van der Waals surface area contributed by atoms with Gasteiger partial charge in [0.25, 0.3) is 0 Å². The number of hydrogen-bond acceptors (Lipinski definition) is 2. The Morgan fingerprint density at radius 1 is 1.17 bits per heavy atom. The normalized spacial score (nSPS) is 26.1. The summed E-state index contributed by atoms with van der Waals surface area (Å²) >= 11 is 5.54. The maximum absolute atomic E-state index is 9.04. The fraction of sp³-hybridized carbons (Fsp3) is 0.929. The predicted molar refractivity (Wildman–Crippen MR) is 78.6 cm³/mol. The minimum absolute atomic E-state index is 0.307. The number of rotatable bonds is 3. The van der Waals surface area contributed by atoms with Gasteiger partial charge in [0, 0.05) is 25.7 Å². The minimum Gasteiger partial charge on any atom is -0.396 e. The molecule has 4 heteroatoms. The van der Waals surface area contributed by atoms with Gasteiger partial charge in [-0.3, -0.25) is 0 Å². The Labute approximate surface area is 116 Å². The summed E-state index contributed by atoms with van der Waals surface area (Å²) in [6, 6.07) is 0.601. The van der Waals surface area contributed by atoms with Crippen LogP contribution >= 0.6 is 12.2 Å². The van der Waals surface area contributed by atoms with E-state index in [9.17, 15) is 0 Å². The molecular formula is C14H26N2OS. The molecule has 0 aromatic heterocycles. The van der Waals surface area contributed by atoms with Crippen LogP contribution in [0.2, 0.25) is 0 Å². The zero-order valence-electron chi connectivity index (χ0n) is 11.2. The molecule has 18 heavy (non-hydrogen) atoms. The zero-order valence-corrected chi connectivity index (χ0v) is 12.1. The Bertz CT molecular complexity index is 265. The molecule has 0 bridgehead atoms. The van der Waals surface area contributed by atoms with E-state index in [0.29, 0.717) is 18.6 Å². The molecule has 2 aliphatic rings. The van der Waals surface area contributed by atoms with Gasteiger partial charge in [0.15, 0.2) is 5.11 Å². The number of hydrogen-bond donors (Lipinski definition) is 2. The van der Waals surface area contributed by atoms with Crippen molar-refractivity contribution in [3.8, 4) is 0 Å². The van der Waals surface area contributed by atoms with E-state index < -0.39 is 0 Å². The second kappa shape index (κ2) is 7.29. The van der Waals surface area contributed by atoms with Crippen LogP contribution in [0.5, 0.6) is 0 Å². The molecule has 1 saturated carbocycles. The van der Waals surface area contributed by atoms with Gasteiger partial charge in [-0.05, 0) is 50.2 Å². The van der Waals surface area contributed by atoms with Crippen molar-refractivity contribution in [2.45, 2.75) is 57.4 Å². The topological polar surface area (TPSA) is 35.5 Å². The smallest absolute Gasteiger partial charge is 0.169 e. The molecule has 0 aromatic carbocycles. The maximum atomic E-state index is 9.04. The first-order valence-corrected chi connectivity index (χ1v) is 7.86. The summed E-state index contributed by atoms with van der Waals surface area (Å²) in [7, 11) is 0. The van der Waals surface area contributed by atoms with Gasteiger partial charge in [-0.25, -0.2) is 0 Å². The van der Waals surface area contributed by atoms with Crippen LogP contribution < -0.4 is 5.32 Å². The highest BCUT2D eigenvalue weighted by molar-refractivity contribution is 7.80. The first-order chi connectivity index (χ1) is 8.79. The number of aliphatic hydroxyl groups is 1. The van der Waals surface area contributed by atoms with Crippen molar-refractivity contribution in [1.82, 2.24) is 10.2 Å². The van der Waals surface area contributed by atoms with Gasteiger partial charge in [0.05, 0.1) is 0 Å². The quantitative estimate of drug-likeness (QED) is 0.771. The molecule has 1 aliphatic carbocycles. The van der Waals surface area contributed by atoms with Crippen LogP contribution in [0.4, 0.5) is 0 Å². The minimum atomic E-state index is 0.307. The third-order valence-corrected chi connectivity index (χ3v) is 4.65. The van der Waals surface area contributed by atoms with Crippen molar-refractivity contribution in [2.75, 3.05) is 19.7 Å². The highest BCUT2D eigenvalue weighted by Crippen LogP contribution is 2.21. The summed E-state index contributed by atoms with van der Waals surface area (Å²) in [5.74, 6) is 0.620. The predicted octanol–water partition coefficient (Wildman–Crippen LogP) is 2.29. The van der Waals surface area contributed by atoms with Crippen LogP contribution in [0.25, 0.3) is 0 Å². The van der Waals surface area contributed by atoms with Gasteiger partial charge >= 0.3 is 0 Å². The van der Waals surface area contributed by atoms with Gasteiger partial charge in [-0.15, -0.1) is 0 Å². The molecule has 104 valence electrons. The first kappa shape index (κ1) is 14.1. The lowest BCUT2D eigenvalue weighted by atomic mass is 9.94. The molecule has 1 unspecified atom stereocenters. The molecule has 0 amide bonds. The number of nitrogens with zero attached hydrogens (tertiary/aromatic N) is 1. The molecule has 0 radical (unpaired) electrons.